The van der Waals surface area contributed by atoms with Crippen molar-refractivity contribution in [3.05, 3.63) is 54.8 Å². The fourth-order valence-corrected chi connectivity index (χ4v) is 4.68. The predicted molar refractivity (Wildman–Crippen MR) is 91.8 cm³/mol. The minimum atomic E-state index is -3.72. The third-order valence-electron chi connectivity index (χ3n) is 2.36. The predicted octanol–water partition coefficient (Wildman–Crippen LogP) is 5.43. The highest BCUT2D eigenvalue weighted by atomic mass is 79.9. The topological polar surface area (TPSA) is 46.2 Å². The first kappa shape index (κ1) is 16.3. The average molecular weight is 504 g/mol. The van der Waals surface area contributed by atoms with Gasteiger partial charge in [0.2, 0.25) is 0 Å². The molecule has 3 nitrogen and oxygen atoms in total. The standard InChI is InChI=1S/C12H7Br3ClNO2S/c13-7-1-3-10(15)12(5-7)20(18,19)17-11-6-8(16)2-4-9(11)14/h1-6,17H. The lowest BCUT2D eigenvalue weighted by Crippen LogP contribution is -2.14. The Hall–Kier alpha value is -0.0800. The van der Waals surface area contributed by atoms with E-state index in [0.717, 1.165) is 0 Å². The smallest absolute Gasteiger partial charge is 0.263 e. The van der Waals surface area contributed by atoms with Gasteiger partial charge in [-0.05, 0) is 68.3 Å². The van der Waals surface area contributed by atoms with Gasteiger partial charge in [0.15, 0.2) is 0 Å². The monoisotopic (exact) mass is 501 g/mol. The van der Waals surface area contributed by atoms with Gasteiger partial charge in [0.25, 0.3) is 10.0 Å². The molecule has 1 N–H and O–H groups in total. The largest absolute Gasteiger partial charge is 0.278 e. The van der Waals surface area contributed by atoms with Gasteiger partial charge in [0.05, 0.1) is 5.69 Å². The summed E-state index contributed by atoms with van der Waals surface area (Å²) in [5.41, 5.74) is 0.379. The maximum absolute atomic E-state index is 12.4. The Morgan fingerprint density at radius 1 is 0.950 bits per heavy atom. The van der Waals surface area contributed by atoms with Gasteiger partial charge in [0.1, 0.15) is 4.90 Å². The first-order chi connectivity index (χ1) is 9.29. The van der Waals surface area contributed by atoms with Crippen LogP contribution in [0.15, 0.2) is 54.7 Å². The van der Waals surface area contributed by atoms with E-state index in [-0.39, 0.29) is 4.90 Å². The molecule has 2 rings (SSSR count). The van der Waals surface area contributed by atoms with Crippen LogP contribution in [-0.4, -0.2) is 8.42 Å². The van der Waals surface area contributed by atoms with Crippen molar-refractivity contribution in [1.29, 1.82) is 0 Å². The molecule has 20 heavy (non-hydrogen) atoms. The number of benzene rings is 2. The Kier molecular flexibility index (Phi) is 5.18. The van der Waals surface area contributed by atoms with Crippen LogP contribution in [0.1, 0.15) is 0 Å². The van der Waals surface area contributed by atoms with Gasteiger partial charge in [-0.1, -0.05) is 27.5 Å². The zero-order chi connectivity index (χ0) is 14.9. The van der Waals surface area contributed by atoms with Gasteiger partial charge in [-0.3, -0.25) is 4.72 Å². The molecular weight excluding hydrogens is 497 g/mol. The minimum Gasteiger partial charge on any atom is -0.278 e. The molecule has 0 fully saturated rings. The van der Waals surface area contributed by atoms with Crippen molar-refractivity contribution in [3.8, 4) is 0 Å². The Balaban J connectivity index is 2.46. The summed E-state index contributed by atoms with van der Waals surface area (Å²) >= 11 is 15.6. The molecule has 0 radical (unpaired) electrons. The first-order valence-electron chi connectivity index (χ1n) is 5.22. The summed E-state index contributed by atoms with van der Waals surface area (Å²) in [6, 6.07) is 9.80. The zero-order valence-corrected chi connectivity index (χ0v) is 16.0. The van der Waals surface area contributed by atoms with E-state index >= 15 is 0 Å². The first-order valence-corrected chi connectivity index (χ1v) is 9.46. The van der Waals surface area contributed by atoms with Crippen LogP contribution >= 0.6 is 59.4 Å². The van der Waals surface area contributed by atoms with Crippen LogP contribution < -0.4 is 4.72 Å². The highest BCUT2D eigenvalue weighted by Crippen LogP contribution is 2.31. The molecule has 0 aliphatic heterocycles. The lowest BCUT2D eigenvalue weighted by molar-refractivity contribution is 0.600. The lowest BCUT2D eigenvalue weighted by atomic mass is 10.3. The van der Waals surface area contributed by atoms with Crippen molar-refractivity contribution >= 4 is 75.1 Å². The number of rotatable bonds is 3. The molecule has 0 amide bonds. The quantitative estimate of drug-likeness (QED) is 0.606. The highest BCUT2D eigenvalue weighted by molar-refractivity contribution is 9.11. The third kappa shape index (κ3) is 3.76. The Morgan fingerprint density at radius 3 is 2.30 bits per heavy atom. The van der Waals surface area contributed by atoms with Gasteiger partial charge >= 0.3 is 0 Å². The van der Waals surface area contributed by atoms with E-state index in [1.807, 2.05) is 0 Å². The molecule has 0 aliphatic carbocycles. The zero-order valence-electron chi connectivity index (χ0n) is 9.70. The van der Waals surface area contributed by atoms with Crippen molar-refractivity contribution in [2.45, 2.75) is 4.90 Å². The number of sulfonamides is 1. The maximum Gasteiger partial charge on any atom is 0.263 e. The van der Waals surface area contributed by atoms with E-state index in [1.165, 1.54) is 12.1 Å². The molecule has 0 heterocycles. The molecule has 2 aromatic rings. The second kappa shape index (κ2) is 6.36. The highest BCUT2D eigenvalue weighted by Gasteiger charge is 2.19. The molecule has 2 aromatic carbocycles. The van der Waals surface area contributed by atoms with Crippen molar-refractivity contribution < 1.29 is 8.42 Å². The summed E-state index contributed by atoms with van der Waals surface area (Å²) < 4.78 is 29.1. The SMILES string of the molecule is O=S(=O)(Nc1cc(Cl)ccc1Br)c1cc(Br)ccc1Br. The number of hydrogen-bond donors (Lipinski definition) is 1. The van der Waals surface area contributed by atoms with E-state index in [9.17, 15) is 8.42 Å². The molecule has 106 valence electrons. The number of anilines is 1. The lowest BCUT2D eigenvalue weighted by Gasteiger charge is -2.11. The van der Waals surface area contributed by atoms with Crippen LogP contribution in [0.4, 0.5) is 5.69 Å². The molecule has 0 spiro atoms. The molecule has 0 aliphatic rings. The fourth-order valence-electron chi connectivity index (χ4n) is 1.46. The normalized spacial score (nSPS) is 11.4. The summed E-state index contributed by atoms with van der Waals surface area (Å²) in [5, 5.41) is 0.444. The van der Waals surface area contributed by atoms with Crippen LogP contribution in [-0.2, 0) is 10.0 Å². The van der Waals surface area contributed by atoms with E-state index in [2.05, 4.69) is 52.5 Å². The molecule has 0 unspecified atom stereocenters. The fraction of sp³-hybridized carbons (Fsp3) is 0. The van der Waals surface area contributed by atoms with E-state index in [0.29, 0.717) is 24.1 Å². The minimum absolute atomic E-state index is 0.138. The molecular formula is C12H7Br3ClNO2S. The van der Waals surface area contributed by atoms with E-state index in [4.69, 9.17) is 11.6 Å². The van der Waals surface area contributed by atoms with Crippen molar-refractivity contribution in [2.75, 3.05) is 4.72 Å². The van der Waals surface area contributed by atoms with Crippen molar-refractivity contribution in [2.24, 2.45) is 0 Å². The van der Waals surface area contributed by atoms with Crippen LogP contribution in [0, 0.1) is 0 Å². The number of hydrogen-bond acceptors (Lipinski definition) is 2. The van der Waals surface area contributed by atoms with Gasteiger partial charge in [-0.15, -0.1) is 0 Å². The second-order valence-electron chi connectivity index (χ2n) is 3.80. The molecule has 0 aromatic heterocycles. The maximum atomic E-state index is 12.4. The van der Waals surface area contributed by atoms with Gasteiger partial charge in [-0.25, -0.2) is 8.42 Å². The van der Waals surface area contributed by atoms with Crippen LogP contribution in [0.25, 0.3) is 0 Å². The Labute approximate surface area is 147 Å². The van der Waals surface area contributed by atoms with E-state index < -0.39 is 10.0 Å². The van der Waals surface area contributed by atoms with Crippen LogP contribution in [0.5, 0.6) is 0 Å². The molecule has 0 saturated carbocycles. The number of nitrogens with one attached hydrogen (secondary N) is 1. The molecule has 0 saturated heterocycles. The summed E-state index contributed by atoms with van der Waals surface area (Å²) in [7, 11) is -3.72. The summed E-state index contributed by atoms with van der Waals surface area (Å²) in [6.45, 7) is 0. The van der Waals surface area contributed by atoms with Gasteiger partial charge in [-0.2, -0.15) is 0 Å². The third-order valence-corrected chi connectivity index (χ3v) is 6.13. The van der Waals surface area contributed by atoms with Crippen molar-refractivity contribution in [1.82, 2.24) is 0 Å². The second-order valence-corrected chi connectivity index (χ2v) is 8.52. The molecule has 8 heteroatoms. The molecule has 0 atom stereocenters. The number of halogens is 4. The van der Waals surface area contributed by atoms with Gasteiger partial charge in [0, 0.05) is 18.4 Å². The van der Waals surface area contributed by atoms with Crippen LogP contribution in [0.2, 0.25) is 5.02 Å². The Bertz CT molecular complexity index is 765. The Morgan fingerprint density at radius 2 is 1.60 bits per heavy atom. The van der Waals surface area contributed by atoms with Crippen LogP contribution in [0.3, 0.4) is 0 Å². The van der Waals surface area contributed by atoms with E-state index in [1.54, 1.807) is 24.3 Å². The molecule has 0 bridgehead atoms. The average Bonchev–Trinajstić information content (AvgIpc) is 2.36. The van der Waals surface area contributed by atoms with Crippen molar-refractivity contribution in [3.63, 3.8) is 0 Å². The summed E-state index contributed by atoms with van der Waals surface area (Å²) in [5.74, 6) is 0. The summed E-state index contributed by atoms with van der Waals surface area (Å²) in [6.07, 6.45) is 0. The summed E-state index contributed by atoms with van der Waals surface area (Å²) in [4.78, 5) is 0.138. The van der Waals surface area contributed by atoms with Gasteiger partial charge < -0.3 is 0 Å².